The standard InChI is InChI=1S/C19H17N3O3S/c1-3-25-19(23)13-4-7-16(8-5-13)22-12-14(11-20)17-10-15(21-26(2)24)6-9-18(17)22/h4-10,12,21H,3H2,1-2H3. The first-order chi connectivity index (χ1) is 12.5. The first-order valence-corrected chi connectivity index (χ1v) is 9.52. The predicted octanol–water partition coefficient (Wildman–Crippen LogP) is 3.38. The van der Waals surface area contributed by atoms with Crippen molar-refractivity contribution in [2.24, 2.45) is 0 Å². The summed E-state index contributed by atoms with van der Waals surface area (Å²) in [6.07, 6.45) is 3.29. The van der Waals surface area contributed by atoms with E-state index in [1.165, 1.54) is 0 Å². The number of esters is 1. The molecular weight excluding hydrogens is 350 g/mol. The fourth-order valence-corrected chi connectivity index (χ4v) is 3.19. The van der Waals surface area contributed by atoms with Crippen LogP contribution in [-0.4, -0.2) is 27.6 Å². The van der Waals surface area contributed by atoms with Gasteiger partial charge in [-0.1, -0.05) is 0 Å². The number of rotatable bonds is 5. The van der Waals surface area contributed by atoms with Gasteiger partial charge in [-0.3, -0.25) is 0 Å². The molecule has 0 aliphatic heterocycles. The van der Waals surface area contributed by atoms with Crippen LogP contribution in [0.2, 0.25) is 0 Å². The summed E-state index contributed by atoms with van der Waals surface area (Å²) in [5.74, 6) is -0.364. The SMILES string of the molecule is CCOC(=O)c1ccc(-n2cc(C#N)c3cc(NS(C)=O)ccc32)cc1. The number of nitrogens with zero attached hydrogens (tertiary/aromatic N) is 2. The number of nitriles is 1. The van der Waals surface area contributed by atoms with Gasteiger partial charge in [0.2, 0.25) is 0 Å². The molecule has 1 atom stereocenters. The van der Waals surface area contributed by atoms with Gasteiger partial charge in [0, 0.05) is 29.2 Å². The minimum Gasteiger partial charge on any atom is -0.462 e. The summed E-state index contributed by atoms with van der Waals surface area (Å²) in [7, 11) is -1.19. The zero-order chi connectivity index (χ0) is 18.7. The van der Waals surface area contributed by atoms with Gasteiger partial charge in [0.25, 0.3) is 0 Å². The fraction of sp³-hybridized carbons (Fsp3) is 0.158. The molecule has 6 nitrogen and oxygen atoms in total. The van der Waals surface area contributed by atoms with Crippen molar-refractivity contribution in [3.8, 4) is 11.8 Å². The van der Waals surface area contributed by atoms with E-state index in [-0.39, 0.29) is 5.97 Å². The number of hydrogen-bond acceptors (Lipinski definition) is 4. The zero-order valence-corrected chi connectivity index (χ0v) is 15.2. The maximum Gasteiger partial charge on any atom is 0.338 e. The van der Waals surface area contributed by atoms with Crippen LogP contribution in [0.5, 0.6) is 0 Å². The van der Waals surface area contributed by atoms with Crippen molar-refractivity contribution in [1.82, 2.24) is 4.57 Å². The molecule has 2 aromatic carbocycles. The number of ether oxygens (including phenoxy) is 1. The molecule has 0 bridgehead atoms. The van der Waals surface area contributed by atoms with E-state index >= 15 is 0 Å². The summed E-state index contributed by atoms with van der Waals surface area (Å²) in [4.78, 5) is 11.8. The number of benzene rings is 2. The Labute approximate surface area is 153 Å². The molecular formula is C19H17N3O3S. The van der Waals surface area contributed by atoms with Crippen molar-refractivity contribution in [2.45, 2.75) is 6.92 Å². The number of anilines is 1. The Morgan fingerprint density at radius 3 is 2.62 bits per heavy atom. The molecule has 132 valence electrons. The molecule has 0 saturated heterocycles. The molecule has 0 fully saturated rings. The lowest BCUT2D eigenvalue weighted by atomic mass is 10.1. The first kappa shape index (κ1) is 17.7. The van der Waals surface area contributed by atoms with E-state index in [4.69, 9.17) is 4.74 Å². The second-order valence-electron chi connectivity index (χ2n) is 5.58. The van der Waals surface area contributed by atoms with Gasteiger partial charge in [-0.2, -0.15) is 5.26 Å². The number of carbonyl (C=O) groups excluding carboxylic acids is 1. The van der Waals surface area contributed by atoms with Gasteiger partial charge < -0.3 is 14.0 Å². The summed E-state index contributed by atoms with van der Waals surface area (Å²) < 4.78 is 21.1. The second-order valence-corrected chi connectivity index (χ2v) is 6.69. The predicted molar refractivity (Wildman–Crippen MR) is 102 cm³/mol. The minimum absolute atomic E-state index is 0.327. The van der Waals surface area contributed by atoms with Gasteiger partial charge >= 0.3 is 5.97 Å². The zero-order valence-electron chi connectivity index (χ0n) is 14.4. The Morgan fingerprint density at radius 2 is 2.00 bits per heavy atom. The summed E-state index contributed by atoms with van der Waals surface area (Å²) >= 11 is 0. The van der Waals surface area contributed by atoms with Crippen LogP contribution in [0.1, 0.15) is 22.8 Å². The molecule has 0 aliphatic carbocycles. The third-order valence-corrected chi connectivity index (χ3v) is 4.37. The van der Waals surface area contributed by atoms with E-state index in [2.05, 4.69) is 10.8 Å². The lowest BCUT2D eigenvalue weighted by Crippen LogP contribution is -2.04. The van der Waals surface area contributed by atoms with Crippen LogP contribution in [0.15, 0.2) is 48.7 Å². The lowest BCUT2D eigenvalue weighted by molar-refractivity contribution is 0.0526. The molecule has 0 amide bonds. The Bertz CT molecular complexity index is 1030. The largest absolute Gasteiger partial charge is 0.462 e. The molecule has 1 N–H and O–H groups in total. The average Bonchev–Trinajstić information content (AvgIpc) is 2.99. The van der Waals surface area contributed by atoms with Crippen molar-refractivity contribution in [2.75, 3.05) is 17.6 Å². The number of fused-ring (bicyclic) bond motifs is 1. The van der Waals surface area contributed by atoms with E-state index in [1.807, 2.05) is 16.7 Å². The molecule has 26 heavy (non-hydrogen) atoms. The Balaban J connectivity index is 2.04. The molecule has 1 heterocycles. The van der Waals surface area contributed by atoms with Gasteiger partial charge in [-0.25, -0.2) is 9.00 Å². The van der Waals surface area contributed by atoms with Crippen molar-refractivity contribution < 1.29 is 13.7 Å². The summed E-state index contributed by atoms with van der Waals surface area (Å²) in [5.41, 5.74) is 3.34. The number of aromatic nitrogens is 1. The molecule has 0 radical (unpaired) electrons. The van der Waals surface area contributed by atoms with Crippen molar-refractivity contribution in [3.63, 3.8) is 0 Å². The average molecular weight is 367 g/mol. The summed E-state index contributed by atoms with van der Waals surface area (Å²) in [5, 5.41) is 10.2. The van der Waals surface area contributed by atoms with E-state index in [0.717, 1.165) is 16.6 Å². The van der Waals surface area contributed by atoms with Crippen LogP contribution in [0, 0.1) is 11.3 Å². The van der Waals surface area contributed by atoms with Crippen LogP contribution in [0.4, 0.5) is 5.69 Å². The fourth-order valence-electron chi connectivity index (χ4n) is 2.73. The summed E-state index contributed by atoms with van der Waals surface area (Å²) in [6, 6.07) is 14.7. The number of hydrogen-bond donors (Lipinski definition) is 1. The van der Waals surface area contributed by atoms with Gasteiger partial charge in [0.1, 0.15) is 17.1 Å². The first-order valence-electron chi connectivity index (χ1n) is 7.96. The maximum absolute atomic E-state index is 11.8. The van der Waals surface area contributed by atoms with Crippen LogP contribution in [-0.2, 0) is 15.7 Å². The highest BCUT2D eigenvalue weighted by atomic mass is 32.2. The van der Waals surface area contributed by atoms with E-state index in [1.54, 1.807) is 49.7 Å². The molecule has 0 spiro atoms. The number of nitrogens with one attached hydrogen (secondary N) is 1. The molecule has 3 rings (SSSR count). The van der Waals surface area contributed by atoms with Gasteiger partial charge in [-0.15, -0.1) is 0 Å². The van der Waals surface area contributed by atoms with Gasteiger partial charge in [-0.05, 0) is 49.4 Å². The third-order valence-electron chi connectivity index (χ3n) is 3.84. The van der Waals surface area contributed by atoms with Crippen LogP contribution in [0.3, 0.4) is 0 Å². The Kier molecular flexibility index (Phi) is 5.05. The Hall–Kier alpha value is -3.11. The molecule has 0 aliphatic rings. The molecule has 7 heteroatoms. The summed E-state index contributed by atoms with van der Waals surface area (Å²) in [6.45, 7) is 2.09. The normalized spacial score (nSPS) is 11.7. The third kappa shape index (κ3) is 3.46. The highest BCUT2D eigenvalue weighted by Crippen LogP contribution is 2.27. The van der Waals surface area contributed by atoms with E-state index in [0.29, 0.717) is 23.4 Å². The molecule has 0 saturated carbocycles. The Morgan fingerprint density at radius 1 is 1.27 bits per heavy atom. The highest BCUT2D eigenvalue weighted by molar-refractivity contribution is 7.85. The van der Waals surface area contributed by atoms with Crippen LogP contribution >= 0.6 is 0 Å². The van der Waals surface area contributed by atoms with Crippen molar-refractivity contribution in [1.29, 1.82) is 5.26 Å². The van der Waals surface area contributed by atoms with Gasteiger partial charge in [0.05, 0.1) is 23.3 Å². The van der Waals surface area contributed by atoms with Crippen molar-refractivity contribution >= 4 is 33.5 Å². The number of carbonyl (C=O) groups is 1. The lowest BCUT2D eigenvalue weighted by Gasteiger charge is -2.08. The van der Waals surface area contributed by atoms with Gasteiger partial charge in [0.15, 0.2) is 0 Å². The van der Waals surface area contributed by atoms with Crippen molar-refractivity contribution in [3.05, 3.63) is 59.8 Å². The second kappa shape index (κ2) is 7.42. The monoisotopic (exact) mass is 367 g/mol. The quantitative estimate of drug-likeness (QED) is 0.701. The van der Waals surface area contributed by atoms with Crippen LogP contribution in [0.25, 0.3) is 16.6 Å². The topological polar surface area (TPSA) is 84.1 Å². The maximum atomic E-state index is 11.8. The van der Waals surface area contributed by atoms with E-state index in [9.17, 15) is 14.3 Å². The smallest absolute Gasteiger partial charge is 0.338 e. The highest BCUT2D eigenvalue weighted by Gasteiger charge is 2.12. The molecule has 3 aromatic rings. The van der Waals surface area contributed by atoms with E-state index < -0.39 is 11.0 Å². The molecule has 1 aromatic heterocycles. The minimum atomic E-state index is -1.19. The van der Waals surface area contributed by atoms with Crippen LogP contribution < -0.4 is 4.72 Å². The molecule has 1 unspecified atom stereocenters.